The molecule has 0 bridgehead atoms. The summed E-state index contributed by atoms with van der Waals surface area (Å²) in [6.45, 7) is -2.71. The average molecular weight is 570 g/mol. The maximum absolute atomic E-state index is 13.1. The Hall–Kier alpha value is -2.09. The highest BCUT2D eigenvalue weighted by Gasteiger charge is 2.55. The smallest absolute Gasteiger partial charge is 0.393 e. The van der Waals surface area contributed by atoms with Crippen LogP contribution in [-0.4, -0.2) is 66.9 Å². The molecule has 0 spiro atoms. The second-order valence-electron chi connectivity index (χ2n) is 7.23. The summed E-state index contributed by atoms with van der Waals surface area (Å²) >= 11 is 3.04. The molecule has 3 rings (SSSR count). The van der Waals surface area contributed by atoms with Gasteiger partial charge >= 0.3 is 6.18 Å². The Bertz CT molecular complexity index is 1330. The van der Waals surface area contributed by atoms with Gasteiger partial charge in [-0.2, -0.15) is 22.7 Å². The summed E-state index contributed by atoms with van der Waals surface area (Å²) in [5.41, 5.74) is -3.61. The number of rotatable bonds is 5. The molecule has 1 aliphatic rings. The maximum Gasteiger partial charge on any atom is 0.433 e. The molecule has 0 saturated carbocycles. The maximum atomic E-state index is 13.1. The van der Waals surface area contributed by atoms with Crippen LogP contribution in [-0.2, 0) is 26.0 Å². The SMILES string of the molecule is N#Cc1ccc(S(=O)(=O)N2C[C@H](S(=O)(=O)c3ccc(C(F)(F)F)nc3)[C@](O)(CO)C2)c(Br)c1. The first-order valence-electron chi connectivity index (χ1n) is 8.97. The number of hydrogen-bond donors (Lipinski definition) is 2. The largest absolute Gasteiger partial charge is 0.433 e. The van der Waals surface area contributed by atoms with Gasteiger partial charge in [0.05, 0.1) is 28.0 Å². The molecular formula is C18H15BrF3N3O6S2. The van der Waals surface area contributed by atoms with Crippen molar-refractivity contribution in [3.05, 3.63) is 52.3 Å². The van der Waals surface area contributed by atoms with Crippen molar-refractivity contribution in [3.63, 3.8) is 0 Å². The van der Waals surface area contributed by atoms with Gasteiger partial charge in [-0.3, -0.25) is 4.98 Å². The molecule has 1 fully saturated rings. The highest BCUT2D eigenvalue weighted by atomic mass is 79.9. The van der Waals surface area contributed by atoms with Crippen LogP contribution in [0.3, 0.4) is 0 Å². The summed E-state index contributed by atoms with van der Waals surface area (Å²) in [6.07, 6.45) is -4.34. The summed E-state index contributed by atoms with van der Waals surface area (Å²) < 4.78 is 91.2. The van der Waals surface area contributed by atoms with Crippen LogP contribution >= 0.6 is 15.9 Å². The van der Waals surface area contributed by atoms with E-state index in [0.717, 1.165) is 6.07 Å². The zero-order chi connectivity index (χ0) is 24.8. The molecular weight excluding hydrogens is 555 g/mol. The number of aromatic nitrogens is 1. The van der Waals surface area contributed by atoms with E-state index in [2.05, 4.69) is 20.9 Å². The number of sulfonamides is 1. The van der Waals surface area contributed by atoms with Crippen LogP contribution in [0, 0.1) is 11.3 Å². The number of pyridine rings is 1. The highest BCUT2D eigenvalue weighted by molar-refractivity contribution is 9.10. The van der Waals surface area contributed by atoms with Gasteiger partial charge in [0.15, 0.2) is 9.84 Å². The quantitative estimate of drug-likeness (QED) is 0.547. The molecule has 0 radical (unpaired) electrons. The van der Waals surface area contributed by atoms with Crippen LogP contribution < -0.4 is 0 Å². The number of benzene rings is 1. The molecule has 2 heterocycles. The van der Waals surface area contributed by atoms with Gasteiger partial charge in [0.25, 0.3) is 0 Å². The number of nitrogens with zero attached hydrogens (tertiary/aromatic N) is 3. The normalized spacial score (nSPS) is 22.3. The standard InChI is InChI=1S/C18H15BrF3N3O6S2/c19-13-5-11(6-23)1-3-14(13)33(30,31)25-8-16(17(27,9-25)10-26)32(28,29)12-2-4-15(24-7-12)18(20,21)22/h1-5,7,16,26-27H,8-10H2/t16-,17+/m0/s1. The second-order valence-corrected chi connectivity index (χ2v) is 12.1. The molecule has 15 heteroatoms. The second kappa shape index (κ2) is 8.60. The van der Waals surface area contributed by atoms with Crippen molar-refractivity contribution >= 4 is 35.8 Å². The average Bonchev–Trinajstić information content (AvgIpc) is 3.12. The Labute approximate surface area is 195 Å². The summed E-state index contributed by atoms with van der Waals surface area (Å²) in [5.74, 6) is 0. The third kappa shape index (κ3) is 4.63. The van der Waals surface area contributed by atoms with Gasteiger partial charge in [-0.05, 0) is 46.3 Å². The molecule has 0 aliphatic carbocycles. The minimum Gasteiger partial charge on any atom is -0.393 e. The lowest BCUT2D eigenvalue weighted by atomic mass is 10.1. The van der Waals surface area contributed by atoms with E-state index in [1.165, 1.54) is 12.1 Å². The summed E-state index contributed by atoms with van der Waals surface area (Å²) in [5, 5.41) is 27.5. The van der Waals surface area contributed by atoms with Gasteiger partial charge in [-0.25, -0.2) is 16.8 Å². The number of nitriles is 1. The molecule has 1 saturated heterocycles. The van der Waals surface area contributed by atoms with Crippen molar-refractivity contribution in [3.8, 4) is 6.07 Å². The zero-order valence-electron chi connectivity index (χ0n) is 16.4. The fraction of sp³-hybridized carbons (Fsp3) is 0.333. The molecule has 1 aromatic carbocycles. The summed E-state index contributed by atoms with van der Waals surface area (Å²) in [6, 6.07) is 6.52. The Balaban J connectivity index is 2.00. The molecule has 0 unspecified atom stereocenters. The Morgan fingerprint density at radius 3 is 2.39 bits per heavy atom. The Kier molecular flexibility index (Phi) is 6.65. The van der Waals surface area contributed by atoms with Crippen molar-refractivity contribution in [2.75, 3.05) is 19.7 Å². The number of sulfone groups is 1. The van der Waals surface area contributed by atoms with Gasteiger partial charge in [0.2, 0.25) is 10.0 Å². The van der Waals surface area contributed by atoms with Crippen LogP contribution in [0.5, 0.6) is 0 Å². The lowest BCUT2D eigenvalue weighted by Crippen LogP contribution is -2.49. The van der Waals surface area contributed by atoms with E-state index in [-0.39, 0.29) is 14.9 Å². The van der Waals surface area contributed by atoms with E-state index >= 15 is 0 Å². The molecule has 1 aliphatic heterocycles. The van der Waals surface area contributed by atoms with Gasteiger partial charge in [0, 0.05) is 23.8 Å². The topological polar surface area (TPSA) is 149 Å². The lowest BCUT2D eigenvalue weighted by molar-refractivity contribution is -0.141. The van der Waals surface area contributed by atoms with Crippen molar-refractivity contribution in [2.24, 2.45) is 0 Å². The molecule has 2 N–H and O–H groups in total. The van der Waals surface area contributed by atoms with E-state index in [1.807, 2.05) is 6.07 Å². The van der Waals surface area contributed by atoms with Crippen LogP contribution in [0.1, 0.15) is 11.3 Å². The minimum atomic E-state index is -4.80. The van der Waals surface area contributed by atoms with Crippen molar-refractivity contribution in [1.82, 2.24) is 9.29 Å². The van der Waals surface area contributed by atoms with Crippen molar-refractivity contribution in [2.45, 2.75) is 26.8 Å². The van der Waals surface area contributed by atoms with Crippen molar-refractivity contribution in [1.29, 1.82) is 5.26 Å². The molecule has 2 atom stereocenters. The number of hydrogen-bond acceptors (Lipinski definition) is 8. The fourth-order valence-corrected chi connectivity index (χ4v) is 7.89. The summed E-state index contributed by atoms with van der Waals surface area (Å²) in [4.78, 5) is 2.11. The third-order valence-electron chi connectivity index (χ3n) is 5.10. The number of aliphatic hydroxyl groups excluding tert-OH is 1. The predicted octanol–water partition coefficient (Wildman–Crippen LogP) is 1.30. The number of aliphatic hydroxyl groups is 2. The third-order valence-corrected chi connectivity index (χ3v) is 10.1. The van der Waals surface area contributed by atoms with Gasteiger partial charge in [0.1, 0.15) is 16.5 Å². The monoisotopic (exact) mass is 569 g/mol. The molecule has 0 amide bonds. The van der Waals surface area contributed by atoms with E-state index < -0.39 is 67.2 Å². The Morgan fingerprint density at radius 2 is 1.91 bits per heavy atom. The highest BCUT2D eigenvalue weighted by Crippen LogP contribution is 2.36. The molecule has 33 heavy (non-hydrogen) atoms. The van der Waals surface area contributed by atoms with Crippen LogP contribution in [0.15, 0.2) is 50.8 Å². The molecule has 1 aromatic heterocycles. The Morgan fingerprint density at radius 1 is 1.24 bits per heavy atom. The van der Waals surface area contributed by atoms with E-state index in [0.29, 0.717) is 22.6 Å². The van der Waals surface area contributed by atoms with Gasteiger partial charge in [-0.15, -0.1) is 0 Å². The van der Waals surface area contributed by atoms with Crippen LogP contribution in [0.2, 0.25) is 0 Å². The van der Waals surface area contributed by atoms with Crippen molar-refractivity contribution < 1.29 is 40.2 Å². The molecule has 9 nitrogen and oxygen atoms in total. The molecule has 2 aromatic rings. The zero-order valence-corrected chi connectivity index (χ0v) is 19.6. The number of alkyl halides is 3. The minimum absolute atomic E-state index is 0.0207. The number of halogens is 4. The number of β-amino-alcohol motifs (C(OH)–C–C–N with tert-alkyl or cyclic N) is 1. The first-order chi connectivity index (χ1) is 15.2. The fourth-order valence-electron chi connectivity index (χ4n) is 3.35. The van der Waals surface area contributed by atoms with Crippen LogP contribution in [0.4, 0.5) is 13.2 Å². The van der Waals surface area contributed by atoms with Gasteiger partial charge in [-0.1, -0.05) is 0 Å². The van der Waals surface area contributed by atoms with E-state index in [4.69, 9.17) is 5.26 Å². The van der Waals surface area contributed by atoms with Crippen LogP contribution in [0.25, 0.3) is 0 Å². The molecule has 178 valence electrons. The van der Waals surface area contributed by atoms with E-state index in [9.17, 15) is 40.2 Å². The predicted molar refractivity (Wildman–Crippen MR) is 110 cm³/mol. The lowest BCUT2D eigenvalue weighted by Gasteiger charge is -2.26. The summed E-state index contributed by atoms with van der Waals surface area (Å²) in [7, 11) is -9.02. The first-order valence-corrected chi connectivity index (χ1v) is 12.7. The van der Waals surface area contributed by atoms with Gasteiger partial charge < -0.3 is 10.2 Å². The van der Waals surface area contributed by atoms with E-state index in [1.54, 1.807) is 0 Å². The first kappa shape index (κ1) is 25.5.